The van der Waals surface area contributed by atoms with Crippen molar-refractivity contribution in [2.45, 2.75) is 47.0 Å². The van der Waals surface area contributed by atoms with Crippen molar-refractivity contribution >= 4 is 11.8 Å². The number of Topliss-reactive ketones (excluding diaryl/α,β-unsaturated/α-hetero) is 1. The van der Waals surface area contributed by atoms with E-state index in [9.17, 15) is 9.59 Å². The van der Waals surface area contributed by atoms with Crippen LogP contribution in [0.25, 0.3) is 0 Å². The summed E-state index contributed by atoms with van der Waals surface area (Å²) in [5, 5.41) is 3.23. The van der Waals surface area contributed by atoms with Crippen LogP contribution in [0.15, 0.2) is 22.5 Å². The predicted molar refractivity (Wildman–Crippen MR) is 72.1 cm³/mol. The van der Waals surface area contributed by atoms with Gasteiger partial charge in [-0.05, 0) is 25.7 Å². The van der Waals surface area contributed by atoms with Gasteiger partial charge in [-0.1, -0.05) is 13.8 Å². The molecule has 0 bridgehead atoms. The third kappa shape index (κ3) is 2.72. The fraction of sp³-hybridized carbons (Fsp3) is 0.600. The Bertz CT molecular complexity index is 498. The second kappa shape index (κ2) is 4.83. The van der Waals surface area contributed by atoms with Gasteiger partial charge >= 0.3 is 5.97 Å². The molecule has 104 valence electrons. The number of nitrogens with one attached hydrogen (secondary N) is 1. The van der Waals surface area contributed by atoms with Gasteiger partial charge in [0.15, 0.2) is 5.78 Å². The summed E-state index contributed by atoms with van der Waals surface area (Å²) < 4.78 is 5.04. The van der Waals surface area contributed by atoms with Crippen LogP contribution < -0.4 is 5.32 Å². The standard InChI is InChI=1S/C15H21NO3/c1-5-19-14(18)10-6-11-12(16-9(10)2)7-15(3,4)8-13(11)17/h16H,5-8H2,1-4H3. The lowest BCUT2D eigenvalue weighted by Crippen LogP contribution is -2.35. The molecule has 19 heavy (non-hydrogen) atoms. The summed E-state index contributed by atoms with van der Waals surface area (Å²) in [7, 11) is 0. The molecule has 1 N–H and O–H groups in total. The summed E-state index contributed by atoms with van der Waals surface area (Å²) in [5.74, 6) is -0.176. The molecule has 0 aromatic carbocycles. The number of rotatable bonds is 2. The Morgan fingerprint density at radius 2 is 2.05 bits per heavy atom. The Kier molecular flexibility index (Phi) is 3.52. The van der Waals surface area contributed by atoms with E-state index in [1.807, 2.05) is 6.92 Å². The van der Waals surface area contributed by atoms with Crippen molar-refractivity contribution in [2.75, 3.05) is 6.61 Å². The van der Waals surface area contributed by atoms with Gasteiger partial charge in [0, 0.05) is 29.8 Å². The van der Waals surface area contributed by atoms with Crippen LogP contribution in [0, 0.1) is 5.41 Å². The lowest BCUT2D eigenvalue weighted by Gasteiger charge is -2.35. The first-order valence-corrected chi connectivity index (χ1v) is 6.73. The van der Waals surface area contributed by atoms with Crippen LogP contribution >= 0.6 is 0 Å². The fourth-order valence-electron chi connectivity index (χ4n) is 2.74. The van der Waals surface area contributed by atoms with Crippen molar-refractivity contribution in [3.63, 3.8) is 0 Å². The van der Waals surface area contributed by atoms with Crippen LogP contribution in [-0.4, -0.2) is 18.4 Å². The molecule has 1 heterocycles. The molecule has 1 aliphatic heterocycles. The lowest BCUT2D eigenvalue weighted by atomic mass is 9.73. The van der Waals surface area contributed by atoms with E-state index in [0.717, 1.165) is 23.4 Å². The molecule has 0 unspecified atom stereocenters. The summed E-state index contributed by atoms with van der Waals surface area (Å²) >= 11 is 0. The molecule has 0 fully saturated rings. The Labute approximate surface area is 113 Å². The molecule has 4 heteroatoms. The lowest BCUT2D eigenvalue weighted by molar-refractivity contribution is -0.138. The highest BCUT2D eigenvalue weighted by atomic mass is 16.5. The number of dihydropyridines is 1. The molecule has 4 nitrogen and oxygen atoms in total. The molecule has 1 aliphatic carbocycles. The van der Waals surface area contributed by atoms with Crippen molar-refractivity contribution in [3.8, 4) is 0 Å². The zero-order valence-electron chi connectivity index (χ0n) is 12.1. The van der Waals surface area contributed by atoms with Crippen molar-refractivity contribution < 1.29 is 14.3 Å². The zero-order valence-corrected chi connectivity index (χ0v) is 12.1. The SMILES string of the molecule is CCOC(=O)C1=C(C)NC2=C(C1)C(=O)CC(C)(C)C2. The first-order chi connectivity index (χ1) is 8.84. The summed E-state index contributed by atoms with van der Waals surface area (Å²) in [6.45, 7) is 8.18. The van der Waals surface area contributed by atoms with Gasteiger partial charge in [0.1, 0.15) is 0 Å². The van der Waals surface area contributed by atoms with E-state index < -0.39 is 0 Å². The molecular weight excluding hydrogens is 242 g/mol. The Morgan fingerprint density at radius 1 is 1.37 bits per heavy atom. The third-order valence-corrected chi connectivity index (χ3v) is 3.66. The van der Waals surface area contributed by atoms with Crippen LogP contribution in [0.1, 0.15) is 47.0 Å². The minimum absolute atomic E-state index is 0.00930. The molecule has 0 spiro atoms. The number of hydrogen-bond donors (Lipinski definition) is 1. The van der Waals surface area contributed by atoms with Crippen molar-refractivity contribution in [3.05, 3.63) is 22.5 Å². The van der Waals surface area contributed by atoms with E-state index in [0.29, 0.717) is 25.0 Å². The summed E-state index contributed by atoms with van der Waals surface area (Å²) in [5.41, 5.74) is 3.11. The summed E-state index contributed by atoms with van der Waals surface area (Å²) in [6, 6.07) is 0. The molecule has 0 radical (unpaired) electrons. The number of carbonyl (C=O) groups excluding carboxylic acids is 2. The maximum Gasteiger partial charge on any atom is 0.336 e. The Morgan fingerprint density at radius 3 is 2.68 bits per heavy atom. The second-order valence-electron chi connectivity index (χ2n) is 6.02. The average molecular weight is 263 g/mol. The largest absolute Gasteiger partial charge is 0.463 e. The Balaban J connectivity index is 2.26. The molecule has 0 aromatic rings. The minimum atomic E-state index is -0.323. The first kappa shape index (κ1) is 13.8. The first-order valence-electron chi connectivity index (χ1n) is 6.73. The average Bonchev–Trinajstić information content (AvgIpc) is 2.26. The van der Waals surface area contributed by atoms with Crippen LogP contribution in [0.5, 0.6) is 0 Å². The summed E-state index contributed by atoms with van der Waals surface area (Å²) in [6.07, 6.45) is 1.80. The fourth-order valence-corrected chi connectivity index (χ4v) is 2.74. The van der Waals surface area contributed by atoms with E-state index in [1.165, 1.54) is 0 Å². The number of ether oxygens (including phenoxy) is 1. The minimum Gasteiger partial charge on any atom is -0.463 e. The van der Waals surface area contributed by atoms with Gasteiger partial charge in [-0.15, -0.1) is 0 Å². The van der Waals surface area contributed by atoms with Crippen LogP contribution in [0.3, 0.4) is 0 Å². The summed E-state index contributed by atoms with van der Waals surface area (Å²) in [4.78, 5) is 24.1. The molecule has 2 rings (SSSR count). The highest BCUT2D eigenvalue weighted by Gasteiger charge is 2.36. The molecule has 0 aromatic heterocycles. The number of carbonyl (C=O) groups is 2. The van der Waals surface area contributed by atoms with Crippen molar-refractivity contribution in [1.29, 1.82) is 0 Å². The molecule has 2 aliphatic rings. The second-order valence-corrected chi connectivity index (χ2v) is 6.02. The van der Waals surface area contributed by atoms with E-state index >= 15 is 0 Å². The van der Waals surface area contributed by atoms with Gasteiger partial charge < -0.3 is 10.1 Å². The van der Waals surface area contributed by atoms with Gasteiger partial charge in [-0.2, -0.15) is 0 Å². The predicted octanol–water partition coefficient (Wildman–Crippen LogP) is 2.46. The number of allylic oxidation sites excluding steroid dienone is 3. The Hall–Kier alpha value is -1.58. The third-order valence-electron chi connectivity index (χ3n) is 3.66. The van der Waals surface area contributed by atoms with Gasteiger partial charge in [0.2, 0.25) is 0 Å². The van der Waals surface area contributed by atoms with Crippen LogP contribution in [0.4, 0.5) is 0 Å². The van der Waals surface area contributed by atoms with Crippen molar-refractivity contribution in [1.82, 2.24) is 5.32 Å². The highest BCUT2D eigenvalue weighted by molar-refractivity contribution is 6.01. The zero-order chi connectivity index (χ0) is 14.2. The molecule has 0 atom stereocenters. The van der Waals surface area contributed by atoms with Crippen LogP contribution in [0.2, 0.25) is 0 Å². The van der Waals surface area contributed by atoms with E-state index in [-0.39, 0.29) is 17.2 Å². The molecular formula is C15H21NO3. The van der Waals surface area contributed by atoms with Gasteiger partial charge in [-0.3, -0.25) is 4.79 Å². The highest BCUT2D eigenvalue weighted by Crippen LogP contribution is 2.40. The van der Waals surface area contributed by atoms with E-state index in [4.69, 9.17) is 4.74 Å². The van der Waals surface area contributed by atoms with Crippen molar-refractivity contribution in [2.24, 2.45) is 5.41 Å². The maximum atomic E-state index is 12.2. The quantitative estimate of drug-likeness (QED) is 0.778. The normalized spacial score (nSPS) is 22.0. The molecule has 0 amide bonds. The molecule has 0 saturated carbocycles. The molecule has 0 saturated heterocycles. The van der Waals surface area contributed by atoms with Crippen LogP contribution in [-0.2, 0) is 14.3 Å². The number of hydrogen-bond acceptors (Lipinski definition) is 4. The number of esters is 1. The van der Waals surface area contributed by atoms with Gasteiger partial charge in [-0.25, -0.2) is 4.79 Å². The van der Waals surface area contributed by atoms with Gasteiger partial charge in [0.25, 0.3) is 0 Å². The van der Waals surface area contributed by atoms with Gasteiger partial charge in [0.05, 0.1) is 12.2 Å². The smallest absolute Gasteiger partial charge is 0.336 e. The van der Waals surface area contributed by atoms with E-state index in [2.05, 4.69) is 19.2 Å². The maximum absolute atomic E-state index is 12.2. The monoisotopic (exact) mass is 263 g/mol. The topological polar surface area (TPSA) is 55.4 Å². The number of ketones is 1. The van der Waals surface area contributed by atoms with E-state index in [1.54, 1.807) is 6.92 Å².